The third-order valence-corrected chi connectivity index (χ3v) is 3.26. The topological polar surface area (TPSA) is 58.6 Å². The highest BCUT2D eigenvalue weighted by atomic mass is 79.9. The molecule has 0 bridgehead atoms. The molecule has 1 atom stereocenters. The number of benzene rings is 1. The lowest BCUT2D eigenvalue weighted by atomic mass is 10.2. The summed E-state index contributed by atoms with van der Waals surface area (Å²) in [6.45, 7) is 2.47. The zero-order valence-corrected chi connectivity index (χ0v) is 13.4. The van der Waals surface area contributed by atoms with Gasteiger partial charge in [0.2, 0.25) is 5.91 Å². The van der Waals surface area contributed by atoms with Gasteiger partial charge in [0.25, 0.3) is 0 Å². The lowest BCUT2D eigenvalue weighted by Crippen LogP contribution is -2.35. The first-order valence-electron chi connectivity index (χ1n) is 6.24. The fourth-order valence-corrected chi connectivity index (χ4v) is 2.05. The van der Waals surface area contributed by atoms with Crippen LogP contribution in [0.1, 0.15) is 6.92 Å². The van der Waals surface area contributed by atoms with Gasteiger partial charge in [-0.3, -0.25) is 14.5 Å². The Labute approximate surface area is 127 Å². The Morgan fingerprint density at radius 3 is 2.50 bits per heavy atom. The van der Waals surface area contributed by atoms with Gasteiger partial charge in [-0.25, -0.2) is 0 Å². The number of hydrogen-bond acceptors (Lipinski definition) is 4. The summed E-state index contributed by atoms with van der Waals surface area (Å²) in [5.74, 6) is -0.650. The van der Waals surface area contributed by atoms with Crippen LogP contribution in [0.25, 0.3) is 0 Å². The van der Waals surface area contributed by atoms with E-state index in [1.54, 1.807) is 18.9 Å². The van der Waals surface area contributed by atoms with E-state index in [4.69, 9.17) is 0 Å². The van der Waals surface area contributed by atoms with Gasteiger partial charge in [-0.2, -0.15) is 0 Å². The van der Waals surface area contributed by atoms with Crippen molar-refractivity contribution in [2.24, 2.45) is 5.92 Å². The first-order valence-corrected chi connectivity index (χ1v) is 7.03. The Morgan fingerprint density at radius 2 is 1.95 bits per heavy atom. The summed E-state index contributed by atoms with van der Waals surface area (Å²) in [7, 11) is 3.15. The van der Waals surface area contributed by atoms with Crippen molar-refractivity contribution in [3.63, 3.8) is 0 Å². The second-order valence-corrected chi connectivity index (χ2v) is 5.59. The highest BCUT2D eigenvalue weighted by molar-refractivity contribution is 9.10. The molecule has 0 fully saturated rings. The molecule has 0 saturated carbocycles. The molecule has 0 aliphatic heterocycles. The molecule has 20 heavy (non-hydrogen) atoms. The Morgan fingerprint density at radius 1 is 1.35 bits per heavy atom. The summed E-state index contributed by atoms with van der Waals surface area (Å²) in [5, 5.41) is 2.80. The van der Waals surface area contributed by atoms with Crippen molar-refractivity contribution in [3.05, 3.63) is 28.7 Å². The predicted octanol–water partition coefficient (Wildman–Crippen LogP) is 2.13. The number of nitrogens with zero attached hydrogens (tertiary/aromatic N) is 1. The van der Waals surface area contributed by atoms with E-state index in [1.807, 2.05) is 24.3 Å². The van der Waals surface area contributed by atoms with Crippen molar-refractivity contribution < 1.29 is 14.3 Å². The minimum Gasteiger partial charge on any atom is -0.469 e. The van der Waals surface area contributed by atoms with Crippen LogP contribution in [0.3, 0.4) is 0 Å². The van der Waals surface area contributed by atoms with Crippen LogP contribution in [0.4, 0.5) is 5.69 Å². The zero-order chi connectivity index (χ0) is 15.1. The van der Waals surface area contributed by atoms with Gasteiger partial charge >= 0.3 is 5.97 Å². The van der Waals surface area contributed by atoms with Gasteiger partial charge in [0.05, 0.1) is 19.6 Å². The Hall–Kier alpha value is -1.40. The quantitative estimate of drug-likeness (QED) is 0.804. The first kappa shape index (κ1) is 16.7. The fourth-order valence-electron chi connectivity index (χ4n) is 1.79. The van der Waals surface area contributed by atoms with Crippen LogP contribution < -0.4 is 5.32 Å². The molecule has 0 saturated heterocycles. The number of esters is 1. The van der Waals surface area contributed by atoms with E-state index < -0.39 is 0 Å². The molecule has 6 heteroatoms. The van der Waals surface area contributed by atoms with Crippen LogP contribution in [0.5, 0.6) is 0 Å². The van der Waals surface area contributed by atoms with Gasteiger partial charge < -0.3 is 10.1 Å². The number of carbonyl (C=O) groups excluding carboxylic acids is 2. The summed E-state index contributed by atoms with van der Waals surface area (Å²) < 4.78 is 5.61. The molecular formula is C14H19BrN2O3. The predicted molar refractivity (Wildman–Crippen MR) is 81.4 cm³/mol. The molecular weight excluding hydrogens is 324 g/mol. The fraction of sp³-hybridized carbons (Fsp3) is 0.429. The number of halogens is 1. The SMILES string of the molecule is COC(=O)C(C)CN(C)CC(=O)Nc1ccc(Br)cc1. The first-order chi connectivity index (χ1) is 9.42. The van der Waals surface area contributed by atoms with E-state index in [0.29, 0.717) is 6.54 Å². The third kappa shape index (κ3) is 5.71. The van der Waals surface area contributed by atoms with Gasteiger partial charge in [0.1, 0.15) is 0 Å². The van der Waals surface area contributed by atoms with E-state index >= 15 is 0 Å². The van der Waals surface area contributed by atoms with E-state index in [0.717, 1.165) is 10.2 Å². The molecule has 0 radical (unpaired) electrons. The molecule has 1 amide bonds. The summed E-state index contributed by atoms with van der Waals surface area (Å²) in [4.78, 5) is 24.9. The maximum absolute atomic E-state index is 11.8. The van der Waals surface area contributed by atoms with Crippen LogP contribution in [-0.4, -0.2) is 44.0 Å². The number of rotatable bonds is 6. The highest BCUT2D eigenvalue weighted by Crippen LogP contribution is 2.14. The van der Waals surface area contributed by atoms with E-state index in [-0.39, 0.29) is 24.3 Å². The Kier molecular flexibility index (Phi) is 6.67. The molecule has 1 unspecified atom stereocenters. The molecule has 0 aliphatic rings. The minimum atomic E-state index is -0.273. The second kappa shape index (κ2) is 8.01. The van der Waals surface area contributed by atoms with Crippen molar-refractivity contribution in [1.82, 2.24) is 4.90 Å². The van der Waals surface area contributed by atoms with E-state index in [1.165, 1.54) is 7.11 Å². The normalized spacial score (nSPS) is 12.1. The summed E-state index contributed by atoms with van der Waals surface area (Å²) in [6.07, 6.45) is 0. The van der Waals surface area contributed by atoms with Crippen LogP contribution in [0.15, 0.2) is 28.7 Å². The number of amides is 1. The smallest absolute Gasteiger partial charge is 0.309 e. The lowest BCUT2D eigenvalue weighted by molar-refractivity contribution is -0.145. The molecule has 1 aromatic carbocycles. The second-order valence-electron chi connectivity index (χ2n) is 4.68. The summed E-state index contributed by atoms with van der Waals surface area (Å²) in [6, 6.07) is 7.36. The van der Waals surface area contributed by atoms with E-state index in [9.17, 15) is 9.59 Å². The number of anilines is 1. The Bertz CT molecular complexity index is 462. The van der Waals surface area contributed by atoms with Crippen LogP contribution in [-0.2, 0) is 14.3 Å². The molecule has 110 valence electrons. The number of nitrogens with one attached hydrogen (secondary N) is 1. The average Bonchev–Trinajstić information content (AvgIpc) is 2.40. The van der Waals surface area contributed by atoms with Crippen molar-refractivity contribution >= 4 is 33.5 Å². The van der Waals surface area contributed by atoms with Gasteiger partial charge in [-0.05, 0) is 31.3 Å². The van der Waals surface area contributed by atoms with Gasteiger partial charge in [-0.15, -0.1) is 0 Å². The lowest BCUT2D eigenvalue weighted by Gasteiger charge is -2.19. The van der Waals surface area contributed by atoms with Crippen LogP contribution in [0.2, 0.25) is 0 Å². The van der Waals surface area contributed by atoms with E-state index in [2.05, 4.69) is 26.0 Å². The number of likely N-dealkylation sites (N-methyl/N-ethyl adjacent to an activating group) is 1. The molecule has 1 rings (SSSR count). The minimum absolute atomic E-state index is 0.119. The number of methoxy groups -OCH3 is 1. The monoisotopic (exact) mass is 342 g/mol. The van der Waals surface area contributed by atoms with Gasteiger partial charge in [0.15, 0.2) is 0 Å². The third-order valence-electron chi connectivity index (χ3n) is 2.73. The van der Waals surface area contributed by atoms with Crippen molar-refractivity contribution in [2.45, 2.75) is 6.92 Å². The Balaban J connectivity index is 2.41. The summed E-state index contributed by atoms with van der Waals surface area (Å²) >= 11 is 3.33. The van der Waals surface area contributed by atoms with Crippen LogP contribution >= 0.6 is 15.9 Å². The molecule has 1 aromatic rings. The molecule has 0 aromatic heterocycles. The molecule has 5 nitrogen and oxygen atoms in total. The van der Waals surface area contributed by atoms with Gasteiger partial charge in [0, 0.05) is 16.7 Å². The molecule has 0 spiro atoms. The van der Waals surface area contributed by atoms with Crippen LogP contribution in [0, 0.1) is 5.92 Å². The molecule has 0 heterocycles. The molecule has 0 aliphatic carbocycles. The molecule has 1 N–H and O–H groups in total. The summed E-state index contributed by atoms with van der Waals surface area (Å²) in [5.41, 5.74) is 0.743. The van der Waals surface area contributed by atoms with Crippen molar-refractivity contribution in [2.75, 3.05) is 32.6 Å². The standard InChI is InChI=1S/C14H19BrN2O3/c1-10(14(19)20-3)8-17(2)9-13(18)16-12-6-4-11(15)5-7-12/h4-7,10H,8-9H2,1-3H3,(H,16,18). The zero-order valence-electron chi connectivity index (χ0n) is 11.9. The van der Waals surface area contributed by atoms with Crippen molar-refractivity contribution in [3.8, 4) is 0 Å². The maximum Gasteiger partial charge on any atom is 0.309 e. The number of ether oxygens (including phenoxy) is 1. The maximum atomic E-state index is 11.8. The highest BCUT2D eigenvalue weighted by Gasteiger charge is 2.16. The van der Waals surface area contributed by atoms with Gasteiger partial charge in [-0.1, -0.05) is 22.9 Å². The largest absolute Gasteiger partial charge is 0.469 e. The number of hydrogen-bond donors (Lipinski definition) is 1. The van der Waals surface area contributed by atoms with Crippen molar-refractivity contribution in [1.29, 1.82) is 0 Å². The average molecular weight is 343 g/mol. The number of carbonyl (C=O) groups is 2.